The Bertz CT molecular complexity index is 973. The highest BCUT2D eigenvalue weighted by atomic mass is 32.2. The first-order valence-corrected chi connectivity index (χ1v) is 11.5. The van der Waals surface area contributed by atoms with Gasteiger partial charge in [0.25, 0.3) is 0 Å². The van der Waals surface area contributed by atoms with E-state index in [-0.39, 0.29) is 23.8 Å². The van der Waals surface area contributed by atoms with Gasteiger partial charge in [-0.2, -0.15) is 11.3 Å². The van der Waals surface area contributed by atoms with Gasteiger partial charge < -0.3 is 14.8 Å². The summed E-state index contributed by atoms with van der Waals surface area (Å²) in [4.78, 5) is 12.5. The average molecular weight is 420 g/mol. The lowest BCUT2D eigenvalue weighted by Crippen LogP contribution is -2.41. The first-order chi connectivity index (χ1) is 13.3. The summed E-state index contributed by atoms with van der Waals surface area (Å²) in [6.45, 7) is -0.0108. The molecule has 0 aliphatic rings. The van der Waals surface area contributed by atoms with E-state index in [0.717, 1.165) is 11.8 Å². The summed E-state index contributed by atoms with van der Waals surface area (Å²) in [5.41, 5.74) is 0.0850. The van der Waals surface area contributed by atoms with Crippen LogP contribution < -0.4 is 5.32 Å². The number of aryl methyl sites for hydroxylation is 1. The van der Waals surface area contributed by atoms with Gasteiger partial charge >= 0.3 is 0 Å². The molecule has 0 aliphatic heterocycles. The van der Waals surface area contributed by atoms with Gasteiger partial charge in [-0.05, 0) is 53.1 Å². The minimum absolute atomic E-state index is 0.0108. The van der Waals surface area contributed by atoms with Crippen molar-refractivity contribution in [3.63, 3.8) is 0 Å². The molecular formula is C20H21NO5S2. The van der Waals surface area contributed by atoms with Crippen molar-refractivity contribution < 1.29 is 22.7 Å². The third kappa shape index (κ3) is 4.70. The minimum atomic E-state index is -3.23. The quantitative estimate of drug-likeness (QED) is 0.585. The number of hydrogen-bond donors (Lipinski definition) is 2. The highest BCUT2D eigenvalue weighted by Crippen LogP contribution is 2.31. The van der Waals surface area contributed by atoms with Gasteiger partial charge in [-0.15, -0.1) is 0 Å². The number of rotatable bonds is 8. The SMILES string of the molecule is CS(=O)(=O)c1ccc(CCC(=O)NC[C@@](O)(c2ccsc2)c2ccco2)cc1. The van der Waals surface area contributed by atoms with Crippen molar-refractivity contribution in [3.8, 4) is 0 Å². The maximum atomic E-state index is 12.3. The van der Waals surface area contributed by atoms with Gasteiger partial charge in [0.15, 0.2) is 15.4 Å². The van der Waals surface area contributed by atoms with Crippen LogP contribution in [0.25, 0.3) is 0 Å². The van der Waals surface area contributed by atoms with Crippen molar-refractivity contribution in [1.82, 2.24) is 5.32 Å². The van der Waals surface area contributed by atoms with E-state index < -0.39 is 15.4 Å². The Morgan fingerprint density at radius 2 is 1.96 bits per heavy atom. The van der Waals surface area contributed by atoms with Gasteiger partial charge in [-0.3, -0.25) is 4.79 Å². The van der Waals surface area contributed by atoms with Crippen LogP contribution in [0.3, 0.4) is 0 Å². The molecule has 0 aliphatic carbocycles. The van der Waals surface area contributed by atoms with E-state index in [1.54, 1.807) is 30.3 Å². The standard InChI is InChI=1S/C20H21NO5S2/c1-28(24,25)17-7-4-15(5-8-17)6-9-19(22)21-14-20(23,16-10-12-27-13-16)18-3-2-11-26-18/h2-5,7-8,10-13,23H,6,9,14H2,1H3,(H,21,22)/t20-/m1/s1. The molecule has 0 saturated heterocycles. The zero-order chi connectivity index (χ0) is 20.2. The number of sulfone groups is 1. The van der Waals surface area contributed by atoms with Gasteiger partial charge in [0.2, 0.25) is 5.91 Å². The van der Waals surface area contributed by atoms with Crippen molar-refractivity contribution in [3.05, 3.63) is 76.4 Å². The largest absolute Gasteiger partial charge is 0.466 e. The summed E-state index contributed by atoms with van der Waals surface area (Å²) >= 11 is 1.45. The molecule has 0 fully saturated rings. The summed E-state index contributed by atoms with van der Waals surface area (Å²) in [5.74, 6) is 0.148. The number of thiophene rings is 1. The maximum Gasteiger partial charge on any atom is 0.220 e. The fourth-order valence-electron chi connectivity index (χ4n) is 2.82. The number of carbonyl (C=O) groups is 1. The molecule has 2 heterocycles. The highest BCUT2D eigenvalue weighted by Gasteiger charge is 2.35. The van der Waals surface area contributed by atoms with Crippen LogP contribution in [0.1, 0.15) is 23.3 Å². The normalized spacial score (nSPS) is 13.8. The summed E-state index contributed by atoms with van der Waals surface area (Å²) in [6, 6.07) is 11.6. The third-order valence-corrected chi connectivity index (χ3v) is 6.27. The lowest BCUT2D eigenvalue weighted by molar-refractivity contribution is -0.122. The van der Waals surface area contributed by atoms with E-state index in [9.17, 15) is 18.3 Å². The Morgan fingerprint density at radius 3 is 2.54 bits per heavy atom. The summed E-state index contributed by atoms with van der Waals surface area (Å²) in [5, 5.41) is 17.5. The molecule has 8 heteroatoms. The molecule has 0 radical (unpaired) electrons. The van der Waals surface area contributed by atoms with Crippen LogP contribution >= 0.6 is 11.3 Å². The predicted octanol–water partition coefficient (Wildman–Crippen LogP) is 2.73. The number of aliphatic hydroxyl groups is 1. The molecule has 0 spiro atoms. The molecule has 0 saturated carbocycles. The molecule has 1 amide bonds. The van der Waals surface area contributed by atoms with Crippen molar-refractivity contribution in [2.45, 2.75) is 23.3 Å². The lowest BCUT2D eigenvalue weighted by Gasteiger charge is -2.25. The van der Waals surface area contributed by atoms with Crippen LogP contribution in [0, 0.1) is 0 Å². The molecule has 3 rings (SSSR count). The third-order valence-electron chi connectivity index (χ3n) is 4.46. The Kier molecular flexibility index (Phi) is 6.02. The molecular weight excluding hydrogens is 398 g/mol. The van der Waals surface area contributed by atoms with E-state index in [0.29, 0.717) is 17.7 Å². The number of benzene rings is 1. The molecule has 3 aromatic rings. The van der Waals surface area contributed by atoms with Gasteiger partial charge in [0.1, 0.15) is 5.76 Å². The first-order valence-electron chi connectivity index (χ1n) is 8.64. The van der Waals surface area contributed by atoms with Gasteiger partial charge in [-0.25, -0.2) is 8.42 Å². The molecule has 1 aromatic carbocycles. The van der Waals surface area contributed by atoms with E-state index in [2.05, 4.69) is 5.32 Å². The average Bonchev–Trinajstić information content (AvgIpc) is 3.38. The molecule has 2 aromatic heterocycles. The zero-order valence-corrected chi connectivity index (χ0v) is 16.9. The molecule has 148 valence electrons. The second-order valence-corrected chi connectivity index (χ2v) is 9.34. The monoisotopic (exact) mass is 419 g/mol. The number of nitrogens with one attached hydrogen (secondary N) is 1. The molecule has 2 N–H and O–H groups in total. The second kappa shape index (κ2) is 8.30. The van der Waals surface area contributed by atoms with Crippen LogP contribution in [0.2, 0.25) is 0 Å². The number of hydrogen-bond acceptors (Lipinski definition) is 6. The summed E-state index contributed by atoms with van der Waals surface area (Å²) in [6.07, 6.45) is 3.32. The van der Waals surface area contributed by atoms with E-state index in [4.69, 9.17) is 4.42 Å². The molecule has 28 heavy (non-hydrogen) atoms. The van der Waals surface area contributed by atoms with Crippen LogP contribution in [-0.2, 0) is 26.7 Å². The summed E-state index contributed by atoms with van der Waals surface area (Å²) < 4.78 is 28.4. The van der Waals surface area contributed by atoms with Gasteiger partial charge in [0, 0.05) is 18.2 Å². The maximum absolute atomic E-state index is 12.3. The molecule has 0 bridgehead atoms. The first kappa shape index (κ1) is 20.3. The van der Waals surface area contributed by atoms with Crippen LogP contribution in [0.15, 0.2) is 68.8 Å². The van der Waals surface area contributed by atoms with Crippen molar-refractivity contribution >= 4 is 27.1 Å². The molecule has 0 unspecified atom stereocenters. The van der Waals surface area contributed by atoms with Gasteiger partial charge in [-0.1, -0.05) is 12.1 Å². The number of furan rings is 1. The Morgan fingerprint density at radius 1 is 1.21 bits per heavy atom. The fourth-order valence-corrected chi connectivity index (χ4v) is 4.18. The molecule has 1 atom stereocenters. The predicted molar refractivity (Wildman–Crippen MR) is 107 cm³/mol. The van der Waals surface area contributed by atoms with Crippen LogP contribution in [0.5, 0.6) is 0 Å². The Hall–Kier alpha value is -2.42. The molecule has 6 nitrogen and oxygen atoms in total. The van der Waals surface area contributed by atoms with Crippen LogP contribution in [-0.4, -0.2) is 32.2 Å². The van der Waals surface area contributed by atoms with E-state index in [1.807, 2.05) is 10.8 Å². The minimum Gasteiger partial charge on any atom is -0.466 e. The Labute approximate surface area is 167 Å². The summed E-state index contributed by atoms with van der Waals surface area (Å²) in [7, 11) is -3.23. The van der Waals surface area contributed by atoms with Crippen molar-refractivity contribution in [2.24, 2.45) is 0 Å². The fraction of sp³-hybridized carbons (Fsp3) is 0.250. The smallest absolute Gasteiger partial charge is 0.220 e. The topological polar surface area (TPSA) is 96.6 Å². The van der Waals surface area contributed by atoms with Crippen molar-refractivity contribution in [2.75, 3.05) is 12.8 Å². The lowest BCUT2D eigenvalue weighted by atomic mass is 9.93. The second-order valence-electron chi connectivity index (χ2n) is 6.54. The number of carbonyl (C=O) groups excluding carboxylic acids is 1. The zero-order valence-electron chi connectivity index (χ0n) is 15.3. The van der Waals surface area contributed by atoms with Gasteiger partial charge in [0.05, 0.1) is 17.7 Å². The highest BCUT2D eigenvalue weighted by molar-refractivity contribution is 7.90. The van der Waals surface area contributed by atoms with E-state index in [1.165, 1.54) is 29.7 Å². The Balaban J connectivity index is 1.60. The number of amides is 1. The van der Waals surface area contributed by atoms with Crippen molar-refractivity contribution in [1.29, 1.82) is 0 Å². The van der Waals surface area contributed by atoms with Crippen LogP contribution in [0.4, 0.5) is 0 Å². The van der Waals surface area contributed by atoms with E-state index >= 15 is 0 Å².